The molecule has 0 bridgehead atoms. The van der Waals surface area contributed by atoms with Crippen LogP contribution in [0.3, 0.4) is 0 Å². The van der Waals surface area contributed by atoms with Crippen molar-refractivity contribution >= 4 is 22.6 Å². The summed E-state index contributed by atoms with van der Waals surface area (Å²) in [7, 11) is -1.70. The topological polar surface area (TPSA) is 44.8 Å². The van der Waals surface area contributed by atoms with Crippen molar-refractivity contribution in [2.75, 3.05) is 7.11 Å². The van der Waals surface area contributed by atoms with Crippen molar-refractivity contribution in [3.05, 3.63) is 0 Å². The first kappa shape index (κ1) is 29.8. The fourth-order valence-electron chi connectivity index (χ4n) is 10.0. The van der Waals surface area contributed by atoms with Gasteiger partial charge in [-0.1, -0.05) is 20.8 Å². The Kier molecular flexibility index (Phi) is 8.59. The van der Waals surface area contributed by atoms with Crippen LogP contribution >= 0.6 is 0 Å². The summed E-state index contributed by atoms with van der Waals surface area (Å²) >= 11 is 0. The molecule has 4 saturated carbocycles. The maximum atomic E-state index is 11.9. The van der Waals surface area contributed by atoms with Crippen LogP contribution in [0.25, 0.3) is 0 Å². The molecule has 0 aromatic heterocycles. The fraction of sp³-hybridized carbons (Fsp3) is 0.968. The Morgan fingerprint density at radius 1 is 0.838 bits per heavy atom. The van der Waals surface area contributed by atoms with Gasteiger partial charge in [-0.2, -0.15) is 0 Å². The van der Waals surface area contributed by atoms with Gasteiger partial charge in [0, 0.05) is 18.6 Å². The number of methoxy groups -OCH3 is 1. The van der Waals surface area contributed by atoms with Crippen LogP contribution in [0.15, 0.2) is 0 Å². The molecule has 0 aliphatic heterocycles. The Hall–Kier alpha value is -0.176. The zero-order valence-electron chi connectivity index (χ0n) is 25.8. The fourth-order valence-corrected chi connectivity index (χ4v) is 12.4. The molecule has 5 unspecified atom stereocenters. The summed E-state index contributed by atoms with van der Waals surface area (Å²) in [5, 5.41) is 0. The third-order valence-electron chi connectivity index (χ3n) is 11.4. The number of hydrogen-bond donors (Lipinski definition) is 0. The van der Waals surface area contributed by atoms with Gasteiger partial charge < -0.3 is 13.6 Å². The maximum Gasteiger partial charge on any atom is 0.305 e. The van der Waals surface area contributed by atoms with Gasteiger partial charge in [-0.3, -0.25) is 4.79 Å². The summed E-state index contributed by atoms with van der Waals surface area (Å²) in [5.74, 6) is 4.31. The van der Waals surface area contributed by atoms with Crippen molar-refractivity contribution in [3.8, 4) is 0 Å². The van der Waals surface area contributed by atoms with E-state index in [4.69, 9.17) is 13.6 Å². The summed E-state index contributed by atoms with van der Waals surface area (Å²) in [4.78, 5) is 11.9. The van der Waals surface area contributed by atoms with Crippen LogP contribution in [-0.4, -0.2) is 41.9 Å². The van der Waals surface area contributed by atoms with Crippen molar-refractivity contribution in [1.29, 1.82) is 0 Å². The molecule has 0 saturated heterocycles. The van der Waals surface area contributed by atoms with E-state index in [9.17, 15) is 4.79 Å². The highest BCUT2D eigenvalue weighted by Crippen LogP contribution is 2.69. The largest absolute Gasteiger partial charge is 0.469 e. The van der Waals surface area contributed by atoms with Gasteiger partial charge in [0.1, 0.15) is 0 Å². The van der Waals surface area contributed by atoms with E-state index in [2.05, 4.69) is 60.1 Å². The van der Waals surface area contributed by atoms with Crippen LogP contribution in [0.1, 0.15) is 85.0 Å². The molecule has 0 radical (unpaired) electrons. The Morgan fingerprint density at radius 3 is 2.08 bits per heavy atom. The molecule has 0 amide bonds. The molecule has 6 heteroatoms. The van der Waals surface area contributed by atoms with Gasteiger partial charge in [-0.05, 0) is 143 Å². The molecule has 10 atom stereocenters. The van der Waals surface area contributed by atoms with Gasteiger partial charge in [0.25, 0.3) is 0 Å². The summed E-state index contributed by atoms with van der Waals surface area (Å²) < 4.78 is 18.8. The van der Waals surface area contributed by atoms with E-state index >= 15 is 0 Å². The molecule has 0 N–H and O–H groups in total. The Labute approximate surface area is 230 Å². The molecule has 0 spiro atoms. The van der Waals surface area contributed by atoms with Crippen molar-refractivity contribution in [1.82, 2.24) is 0 Å². The molecule has 0 aromatic carbocycles. The maximum absolute atomic E-state index is 11.9. The highest BCUT2D eigenvalue weighted by Gasteiger charge is 2.63. The number of hydrogen-bond acceptors (Lipinski definition) is 4. The lowest BCUT2D eigenvalue weighted by Crippen LogP contribution is -2.60. The van der Waals surface area contributed by atoms with Crippen molar-refractivity contribution in [2.24, 2.45) is 46.3 Å². The van der Waals surface area contributed by atoms with E-state index < -0.39 is 16.6 Å². The van der Waals surface area contributed by atoms with Crippen molar-refractivity contribution in [2.45, 2.75) is 136 Å². The minimum Gasteiger partial charge on any atom is -0.469 e. The molecule has 0 aromatic rings. The summed E-state index contributed by atoms with van der Waals surface area (Å²) in [6, 6.07) is 0. The number of carbonyl (C=O) groups excluding carboxylic acids is 1. The van der Waals surface area contributed by atoms with Gasteiger partial charge in [0.05, 0.1) is 7.11 Å². The average molecular weight is 551 g/mol. The van der Waals surface area contributed by atoms with Crippen molar-refractivity contribution < 1.29 is 18.4 Å². The summed E-state index contributed by atoms with van der Waals surface area (Å²) in [5.41, 5.74) is 0.782. The molecule has 214 valence electrons. The predicted octanol–water partition coefficient (Wildman–Crippen LogP) is 8.28. The van der Waals surface area contributed by atoms with E-state index in [1.54, 1.807) is 0 Å². The monoisotopic (exact) mass is 550 g/mol. The number of esters is 1. The Morgan fingerprint density at radius 2 is 1.46 bits per heavy atom. The van der Waals surface area contributed by atoms with Gasteiger partial charge in [0.2, 0.25) is 0 Å². The van der Waals surface area contributed by atoms with Crippen LogP contribution in [0, 0.1) is 46.3 Å². The molecule has 37 heavy (non-hydrogen) atoms. The molecular weight excluding hydrogens is 493 g/mol. The van der Waals surface area contributed by atoms with Gasteiger partial charge in [-0.25, -0.2) is 0 Å². The third-order valence-corrected chi connectivity index (χ3v) is 13.5. The minimum absolute atomic E-state index is 0.0541. The zero-order valence-corrected chi connectivity index (χ0v) is 27.8. The standard InChI is InChI=1S/C31H58O4Si2/c1-21(11-14-29(32)33-4)24-12-13-25-23-20-28(35-37(8,9)10)27-19-22(34-36(5,6)7)15-17-31(27,3)26(23)16-18-30(24,25)2/h21-28H,11-20H2,1-10H3/t21-,22-,23?,24?,25?,26?,27?,28+,30-,31-/m1/s1. The first-order valence-corrected chi connectivity index (χ1v) is 22.3. The third kappa shape index (κ3) is 6.12. The molecule has 4 aliphatic carbocycles. The van der Waals surface area contributed by atoms with E-state index in [0.29, 0.717) is 41.3 Å². The quantitative estimate of drug-likeness (QED) is 0.225. The molecule has 4 rings (SSSR count). The van der Waals surface area contributed by atoms with E-state index in [0.717, 1.165) is 30.1 Å². The molecule has 0 heterocycles. The second-order valence-electron chi connectivity index (χ2n) is 15.9. The van der Waals surface area contributed by atoms with Crippen molar-refractivity contribution in [3.63, 3.8) is 0 Å². The van der Waals surface area contributed by atoms with E-state index in [1.807, 2.05) is 0 Å². The lowest BCUT2D eigenvalue weighted by Gasteiger charge is -2.63. The second kappa shape index (κ2) is 10.7. The molecule has 4 aliphatic rings. The molecule has 4 nitrogen and oxygen atoms in total. The Bertz CT molecular complexity index is 819. The van der Waals surface area contributed by atoms with Gasteiger partial charge >= 0.3 is 5.97 Å². The normalized spacial score (nSPS) is 42.9. The lowest BCUT2D eigenvalue weighted by atomic mass is 9.43. The van der Waals surface area contributed by atoms with Gasteiger partial charge in [-0.15, -0.1) is 0 Å². The average Bonchev–Trinajstić information content (AvgIpc) is 3.13. The zero-order chi connectivity index (χ0) is 27.4. The Balaban J connectivity index is 1.57. The summed E-state index contributed by atoms with van der Waals surface area (Å²) in [6.07, 6.45) is 12.8. The highest BCUT2D eigenvalue weighted by atomic mass is 28.4. The van der Waals surface area contributed by atoms with Crippen LogP contribution in [0.5, 0.6) is 0 Å². The highest BCUT2D eigenvalue weighted by molar-refractivity contribution is 6.70. The molecule has 4 fully saturated rings. The SMILES string of the molecule is COC(=O)CC[C@@H](C)C1CCC2C3C[C@H](O[Si](C)(C)C)C4C[C@H](O[Si](C)(C)C)CC[C@]4(C)C3CC[C@@]21C. The summed E-state index contributed by atoms with van der Waals surface area (Å²) in [6.45, 7) is 21.9. The first-order chi connectivity index (χ1) is 17.1. The smallest absolute Gasteiger partial charge is 0.305 e. The number of ether oxygens (including phenoxy) is 1. The van der Waals surface area contributed by atoms with Crippen LogP contribution in [0.4, 0.5) is 0 Å². The van der Waals surface area contributed by atoms with Crippen LogP contribution in [-0.2, 0) is 18.4 Å². The number of rotatable bonds is 8. The van der Waals surface area contributed by atoms with Crippen LogP contribution < -0.4 is 0 Å². The first-order valence-electron chi connectivity index (χ1n) is 15.5. The van der Waals surface area contributed by atoms with Gasteiger partial charge in [0.15, 0.2) is 16.6 Å². The predicted molar refractivity (Wildman–Crippen MR) is 157 cm³/mol. The molecular formula is C31H58O4Si2. The number of carbonyl (C=O) groups is 1. The lowest BCUT2D eigenvalue weighted by molar-refractivity contribution is -0.166. The van der Waals surface area contributed by atoms with E-state index in [1.165, 1.54) is 58.5 Å². The number of fused-ring (bicyclic) bond motifs is 5. The van der Waals surface area contributed by atoms with Crippen LogP contribution in [0.2, 0.25) is 39.3 Å². The second-order valence-corrected chi connectivity index (χ2v) is 24.9. The van der Waals surface area contributed by atoms with E-state index in [-0.39, 0.29) is 5.97 Å². The minimum atomic E-state index is -1.66.